The van der Waals surface area contributed by atoms with Gasteiger partial charge < -0.3 is 15.2 Å². The zero-order valence-corrected chi connectivity index (χ0v) is 12.0. The predicted molar refractivity (Wildman–Crippen MR) is 80.4 cm³/mol. The van der Waals surface area contributed by atoms with E-state index < -0.39 is 10.8 Å². The Hall–Kier alpha value is -3.09. The van der Waals surface area contributed by atoms with Gasteiger partial charge in [0, 0.05) is 12.1 Å². The largest absolute Gasteiger partial charge is 0.507 e. The number of hydrogen-bond donors (Lipinski definition) is 2. The van der Waals surface area contributed by atoms with E-state index >= 15 is 0 Å². The minimum atomic E-state index is -0.646. The zero-order valence-electron chi connectivity index (χ0n) is 12.0. The fourth-order valence-electron chi connectivity index (χ4n) is 1.92. The Bertz CT molecular complexity index is 743. The van der Waals surface area contributed by atoms with Crippen molar-refractivity contribution >= 4 is 17.3 Å². The molecule has 22 heavy (non-hydrogen) atoms. The first kappa shape index (κ1) is 15.3. The molecule has 2 aromatic carbocycles. The molecule has 7 heteroatoms. The van der Waals surface area contributed by atoms with E-state index in [1.807, 2.05) is 0 Å². The molecule has 0 aliphatic carbocycles. The van der Waals surface area contributed by atoms with E-state index in [1.165, 1.54) is 37.4 Å². The van der Waals surface area contributed by atoms with Crippen LogP contribution in [0, 0.1) is 17.0 Å². The summed E-state index contributed by atoms with van der Waals surface area (Å²) in [5.41, 5.74) is 0.560. The van der Waals surface area contributed by atoms with Gasteiger partial charge in [0.2, 0.25) is 0 Å². The van der Waals surface area contributed by atoms with Crippen molar-refractivity contribution < 1.29 is 19.6 Å². The van der Waals surface area contributed by atoms with Gasteiger partial charge in [-0.1, -0.05) is 6.07 Å². The number of nitro benzene ring substituents is 1. The van der Waals surface area contributed by atoms with Crippen molar-refractivity contribution in [3.63, 3.8) is 0 Å². The summed E-state index contributed by atoms with van der Waals surface area (Å²) in [5, 5.41) is 23.3. The molecular weight excluding hydrogens is 288 g/mol. The number of methoxy groups -OCH3 is 1. The summed E-state index contributed by atoms with van der Waals surface area (Å²) in [6, 6.07) is 8.64. The third kappa shape index (κ3) is 3.14. The average Bonchev–Trinajstić information content (AvgIpc) is 2.48. The van der Waals surface area contributed by atoms with Crippen molar-refractivity contribution in [3.05, 3.63) is 57.6 Å². The van der Waals surface area contributed by atoms with Gasteiger partial charge in [-0.05, 0) is 30.7 Å². The minimum absolute atomic E-state index is 0.00401. The lowest BCUT2D eigenvalue weighted by Crippen LogP contribution is -2.13. The number of aryl methyl sites for hydroxylation is 1. The summed E-state index contributed by atoms with van der Waals surface area (Å²) in [5.74, 6) is -0.519. The second-order valence-electron chi connectivity index (χ2n) is 4.61. The van der Waals surface area contributed by atoms with Crippen LogP contribution in [0.4, 0.5) is 11.4 Å². The molecule has 0 fully saturated rings. The lowest BCUT2D eigenvalue weighted by Gasteiger charge is -2.09. The van der Waals surface area contributed by atoms with Gasteiger partial charge in [-0.3, -0.25) is 14.9 Å². The van der Waals surface area contributed by atoms with Crippen LogP contribution < -0.4 is 10.1 Å². The summed E-state index contributed by atoms with van der Waals surface area (Å²) in [7, 11) is 1.43. The molecule has 114 valence electrons. The van der Waals surface area contributed by atoms with Crippen molar-refractivity contribution in [1.29, 1.82) is 0 Å². The first-order valence-corrected chi connectivity index (χ1v) is 6.35. The van der Waals surface area contributed by atoms with E-state index in [2.05, 4.69) is 5.32 Å². The summed E-state index contributed by atoms with van der Waals surface area (Å²) in [6.07, 6.45) is 0. The zero-order chi connectivity index (χ0) is 16.3. The van der Waals surface area contributed by atoms with E-state index in [1.54, 1.807) is 13.0 Å². The molecule has 1 amide bonds. The number of rotatable bonds is 4. The fourth-order valence-corrected chi connectivity index (χ4v) is 1.92. The standard InChI is InChI=1S/C15H14N2O5/c1-9-3-6-12(13(7-9)17(20)21)16-15(19)11-5-4-10(22-2)8-14(11)18/h3-8,18H,1-2H3,(H,16,19). The van der Waals surface area contributed by atoms with Gasteiger partial charge in [0.15, 0.2) is 0 Å². The van der Waals surface area contributed by atoms with Crippen LogP contribution in [0.3, 0.4) is 0 Å². The van der Waals surface area contributed by atoms with Crippen molar-refractivity contribution in [1.82, 2.24) is 0 Å². The van der Waals surface area contributed by atoms with Crippen LogP contribution in [-0.4, -0.2) is 23.0 Å². The van der Waals surface area contributed by atoms with Crippen LogP contribution in [0.5, 0.6) is 11.5 Å². The van der Waals surface area contributed by atoms with Crippen molar-refractivity contribution in [2.45, 2.75) is 6.92 Å². The minimum Gasteiger partial charge on any atom is -0.507 e. The van der Waals surface area contributed by atoms with Crippen molar-refractivity contribution in [2.24, 2.45) is 0 Å². The highest BCUT2D eigenvalue weighted by atomic mass is 16.6. The number of nitrogens with zero attached hydrogens (tertiary/aromatic N) is 1. The Morgan fingerprint density at radius 2 is 2.00 bits per heavy atom. The third-order valence-corrected chi connectivity index (χ3v) is 3.05. The maximum Gasteiger partial charge on any atom is 0.293 e. The highest BCUT2D eigenvalue weighted by Gasteiger charge is 2.18. The molecule has 2 N–H and O–H groups in total. The third-order valence-electron chi connectivity index (χ3n) is 3.05. The Morgan fingerprint density at radius 3 is 2.59 bits per heavy atom. The molecule has 7 nitrogen and oxygen atoms in total. The molecule has 0 radical (unpaired) electrons. The van der Waals surface area contributed by atoms with Gasteiger partial charge in [0.05, 0.1) is 17.6 Å². The number of aromatic hydroxyl groups is 1. The fraction of sp³-hybridized carbons (Fsp3) is 0.133. The van der Waals surface area contributed by atoms with E-state index in [-0.39, 0.29) is 22.7 Å². The maximum absolute atomic E-state index is 12.2. The van der Waals surface area contributed by atoms with E-state index in [0.717, 1.165) is 0 Å². The molecule has 0 atom stereocenters. The molecule has 0 spiro atoms. The van der Waals surface area contributed by atoms with E-state index in [9.17, 15) is 20.0 Å². The molecule has 0 heterocycles. The number of carbonyl (C=O) groups is 1. The summed E-state index contributed by atoms with van der Waals surface area (Å²) >= 11 is 0. The number of anilines is 1. The normalized spacial score (nSPS) is 10.1. The molecule has 0 saturated carbocycles. The predicted octanol–water partition coefficient (Wildman–Crippen LogP) is 2.87. The number of phenolic OH excluding ortho intramolecular Hbond substituents is 1. The number of nitrogens with one attached hydrogen (secondary N) is 1. The summed E-state index contributed by atoms with van der Waals surface area (Å²) in [4.78, 5) is 22.6. The number of benzene rings is 2. The van der Waals surface area contributed by atoms with Gasteiger partial charge in [-0.2, -0.15) is 0 Å². The second-order valence-corrected chi connectivity index (χ2v) is 4.61. The van der Waals surface area contributed by atoms with Gasteiger partial charge in [-0.25, -0.2) is 0 Å². The smallest absolute Gasteiger partial charge is 0.293 e. The topological polar surface area (TPSA) is 102 Å². The first-order chi connectivity index (χ1) is 10.4. The molecule has 2 aromatic rings. The summed E-state index contributed by atoms with van der Waals surface area (Å²) < 4.78 is 4.93. The second kappa shape index (κ2) is 6.13. The molecular formula is C15H14N2O5. The number of phenols is 1. The molecule has 0 aliphatic heterocycles. The SMILES string of the molecule is COc1ccc(C(=O)Nc2ccc(C)cc2[N+](=O)[O-])c(O)c1. The first-order valence-electron chi connectivity index (χ1n) is 6.35. The number of hydrogen-bond acceptors (Lipinski definition) is 5. The van der Waals surface area contributed by atoms with Crippen LogP contribution >= 0.6 is 0 Å². The van der Waals surface area contributed by atoms with E-state index in [4.69, 9.17) is 4.74 Å². The Kier molecular flexibility index (Phi) is 4.26. The number of nitro groups is 1. The Labute approximate surface area is 126 Å². The van der Waals surface area contributed by atoms with Crippen LogP contribution in [0.1, 0.15) is 15.9 Å². The number of ether oxygens (including phenoxy) is 1. The molecule has 0 aliphatic rings. The Morgan fingerprint density at radius 1 is 1.27 bits per heavy atom. The van der Waals surface area contributed by atoms with Crippen LogP contribution in [-0.2, 0) is 0 Å². The van der Waals surface area contributed by atoms with Crippen molar-refractivity contribution in [3.8, 4) is 11.5 Å². The number of amides is 1. The lowest BCUT2D eigenvalue weighted by atomic mass is 10.1. The summed E-state index contributed by atoms with van der Waals surface area (Å²) in [6.45, 7) is 1.72. The Balaban J connectivity index is 2.31. The molecule has 2 rings (SSSR count). The van der Waals surface area contributed by atoms with Gasteiger partial charge in [-0.15, -0.1) is 0 Å². The number of carbonyl (C=O) groups excluding carboxylic acids is 1. The lowest BCUT2D eigenvalue weighted by molar-refractivity contribution is -0.384. The molecule has 0 aromatic heterocycles. The van der Waals surface area contributed by atoms with Crippen LogP contribution in [0.2, 0.25) is 0 Å². The van der Waals surface area contributed by atoms with Gasteiger partial charge >= 0.3 is 0 Å². The maximum atomic E-state index is 12.2. The van der Waals surface area contributed by atoms with Crippen LogP contribution in [0.15, 0.2) is 36.4 Å². The van der Waals surface area contributed by atoms with E-state index in [0.29, 0.717) is 11.3 Å². The van der Waals surface area contributed by atoms with Gasteiger partial charge in [0.25, 0.3) is 11.6 Å². The monoisotopic (exact) mass is 302 g/mol. The highest BCUT2D eigenvalue weighted by Crippen LogP contribution is 2.28. The van der Waals surface area contributed by atoms with Crippen LogP contribution in [0.25, 0.3) is 0 Å². The molecule has 0 unspecified atom stereocenters. The quantitative estimate of drug-likeness (QED) is 0.668. The average molecular weight is 302 g/mol. The van der Waals surface area contributed by atoms with Crippen molar-refractivity contribution in [2.75, 3.05) is 12.4 Å². The molecule has 0 bridgehead atoms. The van der Waals surface area contributed by atoms with Gasteiger partial charge in [0.1, 0.15) is 17.2 Å². The molecule has 0 saturated heterocycles. The highest BCUT2D eigenvalue weighted by molar-refractivity contribution is 6.07.